The molecule has 122 valence electrons. The Bertz CT molecular complexity index is 841. The van der Waals surface area contributed by atoms with Crippen molar-refractivity contribution in [1.82, 2.24) is 10.3 Å². The Labute approximate surface area is 146 Å². The first-order valence-electron chi connectivity index (χ1n) is 7.04. The van der Waals surface area contributed by atoms with Gasteiger partial charge in [-0.15, -0.1) is 11.3 Å². The van der Waals surface area contributed by atoms with Gasteiger partial charge in [0.15, 0.2) is 0 Å². The van der Waals surface area contributed by atoms with E-state index in [9.17, 15) is 9.59 Å². The zero-order chi connectivity index (χ0) is 16.9. The molecule has 3 amide bonds. The molecule has 0 aliphatic carbocycles. The molecule has 0 fully saturated rings. The number of rotatable bonds is 4. The minimum Gasteiger partial charge on any atom is -0.341 e. The maximum Gasteiger partial charge on any atom is 0.318 e. The lowest BCUT2D eigenvalue weighted by atomic mass is 10.2. The fraction of sp³-hybridized carbons (Fsp3) is 0.0625. The summed E-state index contributed by atoms with van der Waals surface area (Å²) in [5.41, 5.74) is 2.68. The summed E-state index contributed by atoms with van der Waals surface area (Å²) in [5, 5.41) is 14.5. The highest BCUT2D eigenvalue weighted by Crippen LogP contribution is 2.26. The van der Waals surface area contributed by atoms with E-state index in [1.807, 2.05) is 16.8 Å². The third-order valence-corrected chi connectivity index (χ3v) is 4.71. The summed E-state index contributed by atoms with van der Waals surface area (Å²) in [5.74, 6) is -0.264. The quantitative estimate of drug-likeness (QED) is 0.662. The molecule has 0 radical (unpaired) electrons. The topological polar surface area (TPSA) is 83.1 Å². The van der Waals surface area contributed by atoms with Gasteiger partial charge in [0, 0.05) is 34.7 Å². The lowest BCUT2D eigenvalue weighted by Crippen LogP contribution is -2.24. The normalized spacial score (nSPS) is 10.2. The van der Waals surface area contributed by atoms with Crippen LogP contribution in [0.5, 0.6) is 0 Å². The summed E-state index contributed by atoms with van der Waals surface area (Å²) in [6.45, 7) is 0. The zero-order valence-electron chi connectivity index (χ0n) is 12.7. The van der Waals surface area contributed by atoms with Crippen LogP contribution >= 0.6 is 22.7 Å². The van der Waals surface area contributed by atoms with Crippen molar-refractivity contribution in [3.8, 4) is 10.6 Å². The van der Waals surface area contributed by atoms with Gasteiger partial charge in [-0.25, -0.2) is 9.78 Å². The Kier molecular flexibility index (Phi) is 4.88. The van der Waals surface area contributed by atoms with E-state index in [1.54, 1.807) is 48.0 Å². The third-order valence-electron chi connectivity index (χ3n) is 3.13. The summed E-state index contributed by atoms with van der Waals surface area (Å²) in [4.78, 5) is 27.9. The number of carbonyl (C=O) groups excluding carboxylic acids is 2. The second kappa shape index (κ2) is 7.24. The zero-order valence-corrected chi connectivity index (χ0v) is 14.3. The maximum absolute atomic E-state index is 12.3. The van der Waals surface area contributed by atoms with Crippen LogP contribution in [0.15, 0.2) is 46.5 Å². The number of anilines is 2. The molecular formula is C16H14N4O2S2. The summed E-state index contributed by atoms with van der Waals surface area (Å²) < 4.78 is 0. The fourth-order valence-corrected chi connectivity index (χ4v) is 3.43. The van der Waals surface area contributed by atoms with Gasteiger partial charge in [0.05, 0.1) is 0 Å². The molecule has 0 aliphatic heterocycles. The molecule has 3 N–H and O–H groups in total. The number of aromatic nitrogens is 1. The highest BCUT2D eigenvalue weighted by molar-refractivity contribution is 7.14. The largest absolute Gasteiger partial charge is 0.341 e. The molecule has 8 heteroatoms. The molecule has 2 aromatic heterocycles. The number of thiophene rings is 1. The lowest BCUT2D eigenvalue weighted by molar-refractivity contribution is 0.102. The van der Waals surface area contributed by atoms with Gasteiger partial charge in [-0.1, -0.05) is 0 Å². The number of carbonyl (C=O) groups is 2. The van der Waals surface area contributed by atoms with Gasteiger partial charge in [0.2, 0.25) is 0 Å². The fourth-order valence-electron chi connectivity index (χ4n) is 1.92. The molecule has 6 nitrogen and oxygen atoms in total. The summed E-state index contributed by atoms with van der Waals surface area (Å²) in [6, 6.07) is 8.54. The summed E-state index contributed by atoms with van der Waals surface area (Å²) in [7, 11) is 1.54. The first-order valence-corrected chi connectivity index (χ1v) is 8.86. The minimum atomic E-state index is -0.296. The molecule has 24 heavy (non-hydrogen) atoms. The van der Waals surface area contributed by atoms with Crippen LogP contribution in [-0.2, 0) is 0 Å². The van der Waals surface area contributed by atoms with Crippen molar-refractivity contribution in [1.29, 1.82) is 0 Å². The van der Waals surface area contributed by atoms with Crippen LogP contribution in [0, 0.1) is 0 Å². The van der Waals surface area contributed by atoms with Crippen molar-refractivity contribution in [2.75, 3.05) is 17.7 Å². The van der Waals surface area contributed by atoms with E-state index in [-0.39, 0.29) is 11.9 Å². The van der Waals surface area contributed by atoms with Crippen molar-refractivity contribution in [3.63, 3.8) is 0 Å². The van der Waals surface area contributed by atoms with Crippen molar-refractivity contribution in [2.24, 2.45) is 0 Å². The van der Waals surface area contributed by atoms with Crippen molar-refractivity contribution < 1.29 is 9.59 Å². The second-order valence-electron chi connectivity index (χ2n) is 4.79. The van der Waals surface area contributed by atoms with E-state index in [0.29, 0.717) is 17.1 Å². The molecule has 3 rings (SSSR count). The molecule has 0 bridgehead atoms. The van der Waals surface area contributed by atoms with Crippen LogP contribution in [0.4, 0.5) is 16.2 Å². The van der Waals surface area contributed by atoms with Gasteiger partial charge in [0.1, 0.15) is 10.7 Å². The first-order chi connectivity index (χ1) is 11.7. The predicted molar refractivity (Wildman–Crippen MR) is 97.9 cm³/mol. The molecular weight excluding hydrogens is 344 g/mol. The molecule has 0 atom stereocenters. The number of hydrogen-bond donors (Lipinski definition) is 3. The summed E-state index contributed by atoms with van der Waals surface area (Å²) >= 11 is 3.03. The van der Waals surface area contributed by atoms with Crippen molar-refractivity contribution in [2.45, 2.75) is 0 Å². The Morgan fingerprint density at radius 2 is 1.71 bits per heavy atom. The van der Waals surface area contributed by atoms with E-state index in [4.69, 9.17) is 0 Å². The van der Waals surface area contributed by atoms with E-state index >= 15 is 0 Å². The van der Waals surface area contributed by atoms with Gasteiger partial charge >= 0.3 is 6.03 Å². The molecule has 0 unspecified atom stereocenters. The molecule has 0 saturated heterocycles. The number of nitrogens with zero attached hydrogens (tertiary/aromatic N) is 1. The monoisotopic (exact) mass is 358 g/mol. The highest BCUT2D eigenvalue weighted by atomic mass is 32.1. The van der Waals surface area contributed by atoms with Crippen LogP contribution in [0.1, 0.15) is 10.5 Å². The molecule has 3 aromatic rings. The first kappa shape index (κ1) is 16.2. The van der Waals surface area contributed by atoms with Crippen LogP contribution in [0.3, 0.4) is 0 Å². The number of nitrogens with one attached hydrogen (secondary N) is 3. The van der Waals surface area contributed by atoms with Gasteiger partial charge in [-0.05, 0) is 35.7 Å². The molecule has 1 aromatic carbocycles. The molecule has 0 aliphatic rings. The molecule has 0 saturated carbocycles. The van der Waals surface area contributed by atoms with Gasteiger partial charge in [-0.2, -0.15) is 11.3 Å². The van der Waals surface area contributed by atoms with E-state index in [2.05, 4.69) is 20.9 Å². The van der Waals surface area contributed by atoms with Crippen LogP contribution in [0.25, 0.3) is 10.6 Å². The van der Waals surface area contributed by atoms with E-state index in [0.717, 1.165) is 10.6 Å². The molecule has 2 heterocycles. The Hall–Kier alpha value is -2.71. The Morgan fingerprint density at radius 1 is 1.00 bits per heavy atom. The van der Waals surface area contributed by atoms with Crippen LogP contribution in [-0.4, -0.2) is 24.0 Å². The van der Waals surface area contributed by atoms with Crippen molar-refractivity contribution >= 4 is 46.0 Å². The van der Waals surface area contributed by atoms with E-state index in [1.165, 1.54) is 11.3 Å². The molecule has 0 spiro atoms. The standard InChI is InChI=1S/C16H14N4O2S2/c1-17-16(22)19-12-4-2-11(3-5-12)18-14(21)13-9-24-15(20-13)10-6-7-23-8-10/h2-9H,1H3,(H,18,21)(H2,17,19,22). The second-order valence-corrected chi connectivity index (χ2v) is 6.42. The van der Waals surface area contributed by atoms with Crippen LogP contribution < -0.4 is 16.0 Å². The number of amides is 3. The third kappa shape index (κ3) is 3.79. The highest BCUT2D eigenvalue weighted by Gasteiger charge is 2.12. The average molecular weight is 358 g/mol. The van der Waals surface area contributed by atoms with Crippen molar-refractivity contribution in [3.05, 3.63) is 52.2 Å². The van der Waals surface area contributed by atoms with Gasteiger partial charge in [0.25, 0.3) is 5.91 Å². The number of thiazole rings is 1. The van der Waals surface area contributed by atoms with E-state index < -0.39 is 0 Å². The summed E-state index contributed by atoms with van der Waals surface area (Å²) in [6.07, 6.45) is 0. The lowest BCUT2D eigenvalue weighted by Gasteiger charge is -2.06. The minimum absolute atomic E-state index is 0.264. The maximum atomic E-state index is 12.3. The number of benzene rings is 1. The Morgan fingerprint density at radius 3 is 2.33 bits per heavy atom. The van der Waals surface area contributed by atoms with Gasteiger partial charge < -0.3 is 16.0 Å². The number of urea groups is 1. The number of hydrogen-bond acceptors (Lipinski definition) is 5. The Balaban J connectivity index is 1.65. The van der Waals surface area contributed by atoms with Gasteiger partial charge in [-0.3, -0.25) is 4.79 Å². The SMILES string of the molecule is CNC(=O)Nc1ccc(NC(=O)c2csc(-c3ccsc3)n2)cc1. The average Bonchev–Trinajstić information content (AvgIpc) is 3.27. The smallest absolute Gasteiger partial charge is 0.318 e. The predicted octanol–water partition coefficient (Wildman–Crippen LogP) is 3.88. The van der Waals surface area contributed by atoms with Crippen LogP contribution in [0.2, 0.25) is 0 Å².